The number of nitrogens with one attached hydrogen (secondary N) is 1. The van der Waals surface area contributed by atoms with Crippen LogP contribution >= 0.6 is 15.9 Å². The number of benzene rings is 1. The molecule has 8 heteroatoms. The van der Waals surface area contributed by atoms with Crippen LogP contribution in [-0.4, -0.2) is 19.7 Å². The molecule has 0 fully saturated rings. The van der Waals surface area contributed by atoms with Crippen molar-refractivity contribution in [3.63, 3.8) is 0 Å². The van der Waals surface area contributed by atoms with E-state index in [1.807, 2.05) is 4.68 Å². The Balaban J connectivity index is 1.92. The van der Waals surface area contributed by atoms with Crippen molar-refractivity contribution in [2.45, 2.75) is 25.4 Å². The second-order valence-electron chi connectivity index (χ2n) is 4.60. The standard InChI is InChI=1S/C12H12BrN5O2/c13-8-3-4-9(11(6-8)18(19)20)16-10-2-1-5-17-12(10)14-7-15-17/h3-4,6-7,10,16H,1-2,5H2. The van der Waals surface area contributed by atoms with E-state index in [9.17, 15) is 10.1 Å². The maximum absolute atomic E-state index is 11.1. The lowest BCUT2D eigenvalue weighted by Gasteiger charge is -2.23. The van der Waals surface area contributed by atoms with Gasteiger partial charge in [0.2, 0.25) is 0 Å². The maximum atomic E-state index is 11.1. The summed E-state index contributed by atoms with van der Waals surface area (Å²) in [7, 11) is 0. The third-order valence-electron chi connectivity index (χ3n) is 3.31. The molecule has 1 unspecified atom stereocenters. The van der Waals surface area contributed by atoms with E-state index in [0.717, 1.165) is 25.2 Å². The highest BCUT2D eigenvalue weighted by Gasteiger charge is 2.25. The van der Waals surface area contributed by atoms with Gasteiger partial charge in [-0.25, -0.2) is 9.67 Å². The molecule has 0 bridgehead atoms. The smallest absolute Gasteiger partial charge is 0.293 e. The number of fused-ring (bicyclic) bond motifs is 1. The first kappa shape index (κ1) is 13.0. The number of nitro benzene ring substituents is 1. The Morgan fingerprint density at radius 1 is 1.50 bits per heavy atom. The zero-order chi connectivity index (χ0) is 14.1. The van der Waals surface area contributed by atoms with Crippen LogP contribution < -0.4 is 5.32 Å². The van der Waals surface area contributed by atoms with Gasteiger partial charge in [0, 0.05) is 17.1 Å². The average molecular weight is 338 g/mol. The van der Waals surface area contributed by atoms with Gasteiger partial charge >= 0.3 is 0 Å². The fourth-order valence-corrected chi connectivity index (χ4v) is 2.74. The van der Waals surface area contributed by atoms with Crippen LogP contribution in [0.3, 0.4) is 0 Å². The summed E-state index contributed by atoms with van der Waals surface area (Å²) in [5.74, 6) is 0.827. The van der Waals surface area contributed by atoms with Crippen LogP contribution in [0.25, 0.3) is 0 Å². The van der Waals surface area contributed by atoms with Gasteiger partial charge in [-0.3, -0.25) is 10.1 Å². The Bertz CT molecular complexity index is 657. The summed E-state index contributed by atoms with van der Waals surface area (Å²) in [4.78, 5) is 15.0. The average Bonchev–Trinajstić information content (AvgIpc) is 2.90. The van der Waals surface area contributed by atoms with Gasteiger partial charge in [0.1, 0.15) is 17.8 Å². The Labute approximate surface area is 123 Å². The molecule has 1 aromatic carbocycles. The molecule has 1 aliphatic heterocycles. The lowest BCUT2D eigenvalue weighted by Crippen LogP contribution is -2.23. The van der Waals surface area contributed by atoms with Crippen molar-refractivity contribution in [3.05, 3.63) is 44.9 Å². The van der Waals surface area contributed by atoms with E-state index in [2.05, 4.69) is 31.3 Å². The minimum Gasteiger partial charge on any atom is -0.370 e. The molecule has 1 aromatic heterocycles. The largest absolute Gasteiger partial charge is 0.370 e. The first-order valence-corrected chi connectivity index (χ1v) is 7.02. The van der Waals surface area contributed by atoms with Gasteiger partial charge in [-0.05, 0) is 25.0 Å². The maximum Gasteiger partial charge on any atom is 0.293 e. The first-order valence-electron chi connectivity index (χ1n) is 6.23. The van der Waals surface area contributed by atoms with Gasteiger partial charge in [-0.1, -0.05) is 15.9 Å². The zero-order valence-corrected chi connectivity index (χ0v) is 12.1. The summed E-state index contributed by atoms with van der Waals surface area (Å²) in [6.07, 6.45) is 3.37. The third-order valence-corrected chi connectivity index (χ3v) is 3.80. The van der Waals surface area contributed by atoms with Crippen molar-refractivity contribution in [3.8, 4) is 0 Å². The van der Waals surface area contributed by atoms with Crippen LogP contribution in [0.5, 0.6) is 0 Å². The molecule has 0 spiro atoms. The molecule has 104 valence electrons. The molecule has 1 N–H and O–H groups in total. The Hall–Kier alpha value is -1.96. The van der Waals surface area contributed by atoms with E-state index >= 15 is 0 Å². The third kappa shape index (κ3) is 2.38. The number of aryl methyl sites for hydroxylation is 1. The molecular formula is C12H12BrN5O2. The molecular weight excluding hydrogens is 326 g/mol. The van der Waals surface area contributed by atoms with Crippen LogP contribution in [0.1, 0.15) is 24.7 Å². The normalized spacial score (nSPS) is 17.6. The van der Waals surface area contributed by atoms with Crippen molar-refractivity contribution in [1.82, 2.24) is 14.8 Å². The van der Waals surface area contributed by atoms with Crippen molar-refractivity contribution >= 4 is 27.3 Å². The molecule has 0 saturated heterocycles. The molecule has 0 amide bonds. The lowest BCUT2D eigenvalue weighted by atomic mass is 10.1. The second-order valence-corrected chi connectivity index (χ2v) is 5.51. The van der Waals surface area contributed by atoms with E-state index in [1.54, 1.807) is 12.1 Å². The summed E-state index contributed by atoms with van der Waals surface area (Å²) in [5, 5.41) is 18.5. The van der Waals surface area contributed by atoms with Gasteiger partial charge < -0.3 is 5.32 Å². The van der Waals surface area contributed by atoms with Crippen LogP contribution in [0.2, 0.25) is 0 Å². The number of rotatable bonds is 3. The Morgan fingerprint density at radius 2 is 2.35 bits per heavy atom. The number of anilines is 1. The highest BCUT2D eigenvalue weighted by Crippen LogP contribution is 2.33. The molecule has 0 radical (unpaired) electrons. The number of halogens is 1. The van der Waals surface area contributed by atoms with E-state index in [-0.39, 0.29) is 16.7 Å². The molecule has 20 heavy (non-hydrogen) atoms. The fourth-order valence-electron chi connectivity index (χ4n) is 2.39. The Kier molecular flexibility index (Phi) is 3.39. The highest BCUT2D eigenvalue weighted by atomic mass is 79.9. The molecule has 0 aliphatic carbocycles. The van der Waals surface area contributed by atoms with Gasteiger partial charge in [0.15, 0.2) is 0 Å². The van der Waals surface area contributed by atoms with Gasteiger partial charge in [0.05, 0.1) is 11.0 Å². The molecule has 1 atom stereocenters. The predicted molar refractivity (Wildman–Crippen MR) is 76.4 cm³/mol. The van der Waals surface area contributed by atoms with Gasteiger partial charge in [-0.15, -0.1) is 0 Å². The SMILES string of the molecule is O=[N+]([O-])c1cc(Br)ccc1NC1CCCn2ncnc21. The molecule has 2 heterocycles. The molecule has 1 aliphatic rings. The molecule has 0 saturated carbocycles. The van der Waals surface area contributed by atoms with Crippen molar-refractivity contribution in [1.29, 1.82) is 0 Å². The van der Waals surface area contributed by atoms with Gasteiger partial charge in [0.25, 0.3) is 5.69 Å². The quantitative estimate of drug-likeness (QED) is 0.687. The van der Waals surface area contributed by atoms with Crippen molar-refractivity contribution < 1.29 is 4.92 Å². The highest BCUT2D eigenvalue weighted by molar-refractivity contribution is 9.10. The number of hydrogen-bond donors (Lipinski definition) is 1. The van der Waals surface area contributed by atoms with E-state index in [1.165, 1.54) is 12.4 Å². The number of nitro groups is 1. The lowest BCUT2D eigenvalue weighted by molar-refractivity contribution is -0.384. The minimum absolute atomic E-state index is 0.0499. The van der Waals surface area contributed by atoms with Crippen LogP contribution in [0, 0.1) is 10.1 Å². The van der Waals surface area contributed by atoms with Crippen LogP contribution in [0.15, 0.2) is 29.0 Å². The number of aromatic nitrogens is 3. The Morgan fingerprint density at radius 3 is 3.15 bits per heavy atom. The fraction of sp³-hybridized carbons (Fsp3) is 0.333. The van der Waals surface area contributed by atoms with E-state index in [4.69, 9.17) is 0 Å². The number of hydrogen-bond acceptors (Lipinski definition) is 5. The summed E-state index contributed by atoms with van der Waals surface area (Å²) < 4.78 is 2.52. The van der Waals surface area contributed by atoms with E-state index < -0.39 is 0 Å². The minimum atomic E-state index is -0.388. The molecule has 7 nitrogen and oxygen atoms in total. The zero-order valence-electron chi connectivity index (χ0n) is 10.5. The molecule has 3 rings (SSSR count). The van der Waals surface area contributed by atoms with Crippen molar-refractivity contribution in [2.24, 2.45) is 0 Å². The number of nitrogens with zero attached hydrogens (tertiary/aromatic N) is 4. The van der Waals surface area contributed by atoms with Crippen LogP contribution in [0.4, 0.5) is 11.4 Å². The molecule has 2 aromatic rings. The topological polar surface area (TPSA) is 85.9 Å². The first-order chi connectivity index (χ1) is 9.65. The van der Waals surface area contributed by atoms with E-state index in [0.29, 0.717) is 10.2 Å². The summed E-state index contributed by atoms with van der Waals surface area (Å²) in [6.45, 7) is 0.843. The van der Waals surface area contributed by atoms with Crippen LogP contribution in [-0.2, 0) is 6.54 Å². The second kappa shape index (κ2) is 5.20. The van der Waals surface area contributed by atoms with Gasteiger partial charge in [-0.2, -0.15) is 5.10 Å². The summed E-state index contributed by atoms with van der Waals surface area (Å²) >= 11 is 3.25. The predicted octanol–water partition coefficient (Wildman–Crippen LogP) is 2.90. The summed E-state index contributed by atoms with van der Waals surface area (Å²) in [6, 6.07) is 4.93. The monoisotopic (exact) mass is 337 g/mol. The summed E-state index contributed by atoms with van der Waals surface area (Å²) in [5.41, 5.74) is 0.552. The van der Waals surface area contributed by atoms with Crippen molar-refractivity contribution in [2.75, 3.05) is 5.32 Å².